The molecule has 33 heavy (non-hydrogen) atoms. The van der Waals surface area contributed by atoms with Gasteiger partial charge in [0.05, 0.1) is 10.6 Å². The van der Waals surface area contributed by atoms with Crippen LogP contribution in [0, 0.1) is 19.3 Å². The highest BCUT2D eigenvalue weighted by Gasteiger charge is 2.20. The van der Waals surface area contributed by atoms with Crippen LogP contribution in [-0.4, -0.2) is 16.9 Å². The molecule has 0 heterocycles. The first-order valence-electron chi connectivity index (χ1n) is 10.8. The van der Waals surface area contributed by atoms with E-state index < -0.39 is 5.97 Å². The number of benzene rings is 3. The second kappa shape index (κ2) is 9.80. The molecule has 1 N–H and O–H groups in total. The number of hydrogen-bond acceptors (Lipinski definition) is 3. The second-order valence-corrected chi connectivity index (χ2v) is 9.92. The molecular weight excluding hydrogens is 436 g/mol. The zero-order valence-corrected chi connectivity index (χ0v) is 20.4. The van der Waals surface area contributed by atoms with Gasteiger partial charge in [0.25, 0.3) is 0 Å². The Morgan fingerprint density at radius 2 is 1.61 bits per heavy atom. The Labute approximate surface area is 200 Å². The fourth-order valence-electron chi connectivity index (χ4n) is 3.70. The van der Waals surface area contributed by atoms with Crippen LogP contribution < -0.4 is 4.74 Å². The quantitative estimate of drug-likeness (QED) is 0.367. The lowest BCUT2D eigenvalue weighted by molar-refractivity contribution is 0.0696. The van der Waals surface area contributed by atoms with Crippen molar-refractivity contribution in [3.05, 3.63) is 87.4 Å². The van der Waals surface area contributed by atoms with Gasteiger partial charge in [-0.25, -0.2) is 4.79 Å². The summed E-state index contributed by atoms with van der Waals surface area (Å²) in [7, 11) is 0. The highest BCUT2D eigenvalue weighted by Crippen LogP contribution is 2.30. The van der Waals surface area contributed by atoms with E-state index >= 15 is 0 Å². The normalized spacial score (nSPS) is 11.3. The summed E-state index contributed by atoms with van der Waals surface area (Å²) in [6.07, 6.45) is 0.495. The van der Waals surface area contributed by atoms with E-state index in [-0.39, 0.29) is 21.8 Å². The standard InChI is InChI=1S/C28H29ClO4/c1-17-18(2)26(12-10-22(17)25(30)15-28(3,4)5)33-16-19-7-6-8-20(13-19)21-9-11-24(29)23(14-21)27(31)32/h6-14H,15-16H2,1-5H3,(H,31,32). The maximum absolute atomic E-state index is 12.7. The molecule has 0 aliphatic carbocycles. The van der Waals surface area contributed by atoms with Crippen molar-refractivity contribution in [2.24, 2.45) is 5.41 Å². The molecule has 5 heteroatoms. The van der Waals surface area contributed by atoms with Crippen LogP contribution in [0.15, 0.2) is 54.6 Å². The van der Waals surface area contributed by atoms with Crippen molar-refractivity contribution in [3.63, 3.8) is 0 Å². The van der Waals surface area contributed by atoms with Gasteiger partial charge in [0.2, 0.25) is 0 Å². The Kier molecular flexibility index (Phi) is 7.28. The first-order valence-corrected chi connectivity index (χ1v) is 11.2. The van der Waals surface area contributed by atoms with Crippen molar-refractivity contribution in [3.8, 4) is 16.9 Å². The predicted molar refractivity (Wildman–Crippen MR) is 132 cm³/mol. The van der Waals surface area contributed by atoms with Crippen molar-refractivity contribution in [1.29, 1.82) is 0 Å². The maximum Gasteiger partial charge on any atom is 0.337 e. The number of carboxylic acids is 1. The van der Waals surface area contributed by atoms with E-state index in [0.717, 1.165) is 39.1 Å². The number of hydrogen-bond donors (Lipinski definition) is 1. The highest BCUT2D eigenvalue weighted by atomic mass is 35.5. The van der Waals surface area contributed by atoms with Gasteiger partial charge < -0.3 is 9.84 Å². The average Bonchev–Trinajstić information content (AvgIpc) is 2.74. The first kappa shape index (κ1) is 24.5. The Morgan fingerprint density at radius 3 is 2.27 bits per heavy atom. The monoisotopic (exact) mass is 464 g/mol. The molecule has 0 saturated heterocycles. The van der Waals surface area contributed by atoms with Gasteiger partial charge in [0.15, 0.2) is 5.78 Å². The van der Waals surface area contributed by atoms with Gasteiger partial charge in [-0.05, 0) is 77.4 Å². The van der Waals surface area contributed by atoms with Crippen LogP contribution in [0.3, 0.4) is 0 Å². The number of carbonyl (C=O) groups is 2. The van der Waals surface area contributed by atoms with E-state index in [1.165, 1.54) is 0 Å². The Morgan fingerprint density at radius 1 is 0.909 bits per heavy atom. The minimum absolute atomic E-state index is 0.0626. The second-order valence-electron chi connectivity index (χ2n) is 9.51. The predicted octanol–water partition coefficient (Wildman–Crippen LogP) is 7.52. The molecule has 3 aromatic carbocycles. The van der Waals surface area contributed by atoms with Gasteiger partial charge in [-0.3, -0.25) is 4.79 Å². The summed E-state index contributed by atoms with van der Waals surface area (Å²) < 4.78 is 6.08. The number of rotatable bonds is 7. The van der Waals surface area contributed by atoms with E-state index in [2.05, 4.69) is 20.8 Å². The number of Topliss-reactive ketones (excluding diaryl/α,β-unsaturated/α-hetero) is 1. The van der Waals surface area contributed by atoms with E-state index in [4.69, 9.17) is 16.3 Å². The minimum Gasteiger partial charge on any atom is -0.489 e. The van der Waals surface area contributed by atoms with Crippen molar-refractivity contribution >= 4 is 23.4 Å². The van der Waals surface area contributed by atoms with E-state index in [1.54, 1.807) is 18.2 Å². The van der Waals surface area contributed by atoms with Gasteiger partial charge in [0, 0.05) is 12.0 Å². The van der Waals surface area contributed by atoms with Crippen molar-refractivity contribution in [2.75, 3.05) is 0 Å². The highest BCUT2D eigenvalue weighted by molar-refractivity contribution is 6.33. The molecular formula is C28H29ClO4. The van der Waals surface area contributed by atoms with Gasteiger partial charge in [-0.15, -0.1) is 0 Å². The molecule has 172 valence electrons. The zero-order chi connectivity index (χ0) is 24.3. The zero-order valence-electron chi connectivity index (χ0n) is 19.7. The smallest absolute Gasteiger partial charge is 0.337 e. The molecule has 0 radical (unpaired) electrons. The number of carbonyl (C=O) groups excluding carboxylic acids is 1. The Bertz CT molecular complexity index is 1210. The third kappa shape index (κ3) is 6.02. The van der Waals surface area contributed by atoms with E-state index in [9.17, 15) is 14.7 Å². The van der Waals surface area contributed by atoms with Crippen LogP contribution in [0.4, 0.5) is 0 Å². The summed E-state index contributed by atoms with van der Waals surface area (Å²) in [5.41, 5.74) is 5.25. The van der Waals surface area contributed by atoms with E-state index in [1.807, 2.05) is 50.2 Å². The number of ether oxygens (including phenoxy) is 1. The third-order valence-corrected chi connectivity index (χ3v) is 5.91. The molecule has 0 amide bonds. The Balaban J connectivity index is 1.79. The molecule has 4 nitrogen and oxygen atoms in total. The largest absolute Gasteiger partial charge is 0.489 e. The summed E-state index contributed by atoms with van der Waals surface area (Å²) in [4.78, 5) is 24.1. The summed E-state index contributed by atoms with van der Waals surface area (Å²) in [5, 5.41) is 9.54. The van der Waals surface area contributed by atoms with Gasteiger partial charge in [-0.2, -0.15) is 0 Å². The number of halogens is 1. The maximum atomic E-state index is 12.7. The van der Waals surface area contributed by atoms with Crippen molar-refractivity contribution in [2.45, 2.75) is 47.6 Å². The van der Waals surface area contributed by atoms with Gasteiger partial charge >= 0.3 is 5.97 Å². The SMILES string of the molecule is Cc1c(OCc2cccc(-c3ccc(Cl)c(C(=O)O)c3)c2)ccc(C(=O)CC(C)(C)C)c1C. The van der Waals surface area contributed by atoms with Crippen molar-refractivity contribution in [1.82, 2.24) is 0 Å². The molecule has 0 bridgehead atoms. The van der Waals surface area contributed by atoms with Gasteiger partial charge in [-0.1, -0.05) is 56.6 Å². The molecule has 0 saturated carbocycles. The molecule has 0 aromatic heterocycles. The molecule has 0 aliphatic rings. The molecule has 0 fully saturated rings. The molecule has 0 unspecified atom stereocenters. The first-order chi connectivity index (χ1) is 15.5. The Hall–Kier alpha value is -3.11. The van der Waals surface area contributed by atoms with Crippen LogP contribution in [0.2, 0.25) is 5.02 Å². The minimum atomic E-state index is -1.06. The number of ketones is 1. The fraction of sp³-hybridized carbons (Fsp3) is 0.286. The topological polar surface area (TPSA) is 63.6 Å². The molecule has 3 aromatic rings. The number of aromatic carboxylic acids is 1. The van der Waals surface area contributed by atoms with Crippen molar-refractivity contribution < 1.29 is 19.4 Å². The van der Waals surface area contributed by atoms with Gasteiger partial charge in [0.1, 0.15) is 12.4 Å². The molecule has 3 rings (SSSR count). The van der Waals surface area contributed by atoms with Crippen LogP contribution in [0.25, 0.3) is 11.1 Å². The summed E-state index contributed by atoms with van der Waals surface area (Å²) in [5.74, 6) is -0.174. The summed E-state index contributed by atoms with van der Waals surface area (Å²) in [6, 6.07) is 16.4. The van der Waals surface area contributed by atoms with Crippen LogP contribution in [0.1, 0.15) is 64.6 Å². The third-order valence-electron chi connectivity index (χ3n) is 5.58. The van der Waals surface area contributed by atoms with Crippen LogP contribution in [-0.2, 0) is 6.61 Å². The average molecular weight is 465 g/mol. The fourth-order valence-corrected chi connectivity index (χ4v) is 3.90. The lowest BCUT2D eigenvalue weighted by atomic mass is 9.86. The molecule has 0 atom stereocenters. The summed E-state index contributed by atoms with van der Waals surface area (Å²) >= 11 is 6.00. The lowest BCUT2D eigenvalue weighted by Gasteiger charge is -2.19. The molecule has 0 aliphatic heterocycles. The summed E-state index contributed by atoms with van der Waals surface area (Å²) in [6.45, 7) is 10.5. The van der Waals surface area contributed by atoms with Crippen LogP contribution in [0.5, 0.6) is 5.75 Å². The number of carboxylic acid groups (broad SMARTS) is 1. The molecule has 0 spiro atoms. The lowest BCUT2D eigenvalue weighted by Crippen LogP contribution is -2.14. The van der Waals surface area contributed by atoms with E-state index in [0.29, 0.717) is 13.0 Å². The van der Waals surface area contributed by atoms with Crippen LogP contribution >= 0.6 is 11.6 Å².